The predicted octanol–water partition coefficient (Wildman–Crippen LogP) is 3.80. The molecule has 9 nitrogen and oxygen atoms in total. The second kappa shape index (κ2) is 7.41. The van der Waals surface area contributed by atoms with Crippen LogP contribution in [0.3, 0.4) is 0 Å². The molecule has 0 bridgehead atoms. The Kier molecular flexibility index (Phi) is 4.65. The third-order valence-electron chi connectivity index (χ3n) is 3.86. The molecule has 138 valence electrons. The zero-order valence-corrected chi connectivity index (χ0v) is 15.0. The first-order chi connectivity index (χ1) is 13.6. The maximum Gasteiger partial charge on any atom is 0.269 e. The fraction of sp³-hybridized carbons (Fsp3) is 0. The number of nitro groups is 1. The molecule has 0 atom stereocenters. The van der Waals surface area contributed by atoms with Gasteiger partial charge in [-0.3, -0.25) is 15.5 Å². The van der Waals surface area contributed by atoms with Crippen LogP contribution in [0.25, 0.3) is 17.0 Å². The average Bonchev–Trinajstić information content (AvgIpc) is 3.12. The highest BCUT2D eigenvalue weighted by Crippen LogP contribution is 2.20. The van der Waals surface area contributed by atoms with E-state index >= 15 is 0 Å². The van der Waals surface area contributed by atoms with E-state index in [1.807, 2.05) is 12.1 Å². The molecule has 0 aliphatic heterocycles. The number of fused-ring (bicyclic) bond motifs is 1. The number of hydrogen-bond acceptors (Lipinski definition) is 7. The Balaban J connectivity index is 1.55. The molecule has 0 unspecified atom stereocenters. The van der Waals surface area contributed by atoms with Crippen molar-refractivity contribution in [3.63, 3.8) is 0 Å². The maximum absolute atomic E-state index is 10.7. The van der Waals surface area contributed by atoms with Crippen LogP contribution in [0, 0.1) is 10.1 Å². The molecule has 2 heterocycles. The van der Waals surface area contributed by atoms with E-state index in [1.165, 1.54) is 12.1 Å². The van der Waals surface area contributed by atoms with Gasteiger partial charge in [0.1, 0.15) is 0 Å². The predicted molar refractivity (Wildman–Crippen MR) is 106 cm³/mol. The van der Waals surface area contributed by atoms with E-state index in [1.54, 1.807) is 47.1 Å². The molecule has 2 aromatic heterocycles. The number of rotatable bonds is 5. The minimum Gasteiger partial charge on any atom is -0.260 e. The number of hydrazone groups is 1. The molecule has 0 aliphatic carbocycles. The summed E-state index contributed by atoms with van der Waals surface area (Å²) in [6.07, 6.45) is 1.54. The van der Waals surface area contributed by atoms with E-state index in [9.17, 15) is 10.1 Å². The molecule has 4 aromatic rings. The van der Waals surface area contributed by atoms with Crippen molar-refractivity contribution < 1.29 is 4.92 Å². The van der Waals surface area contributed by atoms with Crippen LogP contribution in [-0.2, 0) is 0 Å². The zero-order chi connectivity index (χ0) is 19.5. The van der Waals surface area contributed by atoms with Gasteiger partial charge in [-0.25, -0.2) is 0 Å². The van der Waals surface area contributed by atoms with E-state index in [4.69, 9.17) is 11.6 Å². The van der Waals surface area contributed by atoms with Crippen LogP contribution in [0.4, 0.5) is 11.5 Å². The molecule has 0 fully saturated rings. The number of aromatic nitrogens is 4. The minimum absolute atomic E-state index is 0.0274. The van der Waals surface area contributed by atoms with Crippen LogP contribution in [0.15, 0.2) is 65.8 Å². The van der Waals surface area contributed by atoms with Gasteiger partial charge in [0.25, 0.3) is 5.69 Å². The van der Waals surface area contributed by atoms with Crippen molar-refractivity contribution in [1.29, 1.82) is 0 Å². The van der Waals surface area contributed by atoms with Crippen molar-refractivity contribution in [2.75, 3.05) is 5.43 Å². The Morgan fingerprint density at radius 3 is 2.50 bits per heavy atom. The molecular weight excluding hydrogens is 382 g/mol. The lowest BCUT2D eigenvalue weighted by atomic mass is 10.2. The van der Waals surface area contributed by atoms with Crippen molar-refractivity contribution in [3.8, 4) is 11.4 Å². The first kappa shape index (κ1) is 17.6. The Morgan fingerprint density at radius 1 is 1.04 bits per heavy atom. The van der Waals surface area contributed by atoms with Crippen LogP contribution in [0.1, 0.15) is 5.56 Å². The summed E-state index contributed by atoms with van der Waals surface area (Å²) in [5.41, 5.74) is 4.99. The quantitative estimate of drug-likeness (QED) is 0.313. The topological polar surface area (TPSA) is 111 Å². The maximum atomic E-state index is 10.7. The van der Waals surface area contributed by atoms with Gasteiger partial charge in [0.05, 0.1) is 11.1 Å². The summed E-state index contributed by atoms with van der Waals surface area (Å²) in [7, 11) is 0. The Bertz CT molecular complexity index is 1170. The second-order valence-electron chi connectivity index (χ2n) is 5.74. The highest BCUT2D eigenvalue weighted by molar-refractivity contribution is 6.30. The lowest BCUT2D eigenvalue weighted by molar-refractivity contribution is -0.384. The third-order valence-corrected chi connectivity index (χ3v) is 4.11. The molecule has 0 aliphatic rings. The second-order valence-corrected chi connectivity index (χ2v) is 6.17. The van der Waals surface area contributed by atoms with Gasteiger partial charge in [-0.05, 0) is 54.1 Å². The molecule has 0 radical (unpaired) electrons. The molecule has 0 saturated carbocycles. The third kappa shape index (κ3) is 3.64. The highest BCUT2D eigenvalue weighted by atomic mass is 35.5. The van der Waals surface area contributed by atoms with Gasteiger partial charge in [-0.2, -0.15) is 9.62 Å². The smallest absolute Gasteiger partial charge is 0.260 e. The number of hydrogen-bond donors (Lipinski definition) is 1. The SMILES string of the molecule is O=[N+]([O-])c1ccc(/C=N/Nc2ccc3nnc(-c4ccc(Cl)cc4)n3n2)cc1. The standard InChI is InChI=1S/C18H12ClN7O2/c19-14-5-3-13(4-6-14)18-23-22-17-10-9-16(24-25(17)18)21-20-11-12-1-7-15(8-2-12)26(27)28/h1-11H,(H,21,24)/b20-11+. The number of non-ortho nitro benzene ring substituents is 1. The van der Waals surface area contributed by atoms with Gasteiger partial charge in [-0.15, -0.1) is 15.3 Å². The largest absolute Gasteiger partial charge is 0.269 e. The minimum atomic E-state index is -0.449. The van der Waals surface area contributed by atoms with Crippen molar-refractivity contribution in [3.05, 3.63) is 81.4 Å². The van der Waals surface area contributed by atoms with Crippen molar-refractivity contribution in [2.45, 2.75) is 0 Å². The molecule has 4 rings (SSSR count). The number of benzene rings is 2. The van der Waals surface area contributed by atoms with Crippen molar-refractivity contribution in [2.24, 2.45) is 5.10 Å². The average molecular weight is 394 g/mol. The molecule has 2 aromatic carbocycles. The summed E-state index contributed by atoms with van der Waals surface area (Å²) in [4.78, 5) is 10.2. The fourth-order valence-corrected chi connectivity index (χ4v) is 2.61. The van der Waals surface area contributed by atoms with E-state index < -0.39 is 4.92 Å². The number of nitrogens with one attached hydrogen (secondary N) is 1. The van der Waals surface area contributed by atoms with Gasteiger partial charge in [-0.1, -0.05) is 11.6 Å². The van der Waals surface area contributed by atoms with E-state index in [0.717, 1.165) is 5.56 Å². The molecule has 0 saturated heterocycles. The summed E-state index contributed by atoms with van der Waals surface area (Å²) in [6, 6.07) is 16.8. The van der Waals surface area contributed by atoms with E-state index in [2.05, 4.69) is 25.8 Å². The monoisotopic (exact) mass is 393 g/mol. The molecule has 10 heteroatoms. The Morgan fingerprint density at radius 2 is 1.79 bits per heavy atom. The van der Waals surface area contributed by atoms with Gasteiger partial charge < -0.3 is 0 Å². The summed E-state index contributed by atoms with van der Waals surface area (Å²) < 4.78 is 1.60. The number of nitrogens with zero attached hydrogens (tertiary/aromatic N) is 6. The van der Waals surface area contributed by atoms with Crippen LogP contribution >= 0.6 is 11.6 Å². The summed E-state index contributed by atoms with van der Waals surface area (Å²) in [5.74, 6) is 1.07. The van der Waals surface area contributed by atoms with Crippen molar-refractivity contribution >= 4 is 35.0 Å². The lowest BCUT2D eigenvalue weighted by Gasteiger charge is -2.02. The number of halogens is 1. The Labute approximate surface area is 163 Å². The summed E-state index contributed by atoms with van der Waals surface area (Å²) in [5, 5.41) is 28.1. The van der Waals surface area contributed by atoms with Crippen LogP contribution in [0.2, 0.25) is 5.02 Å². The Hall–Kier alpha value is -3.85. The summed E-state index contributed by atoms with van der Waals surface area (Å²) in [6.45, 7) is 0. The van der Waals surface area contributed by atoms with Gasteiger partial charge in [0, 0.05) is 22.7 Å². The van der Waals surface area contributed by atoms with Crippen molar-refractivity contribution in [1.82, 2.24) is 19.8 Å². The fourth-order valence-electron chi connectivity index (χ4n) is 2.48. The number of anilines is 1. The number of nitro benzene ring substituents is 1. The molecule has 0 amide bonds. The molecule has 0 spiro atoms. The van der Waals surface area contributed by atoms with Crippen LogP contribution in [0.5, 0.6) is 0 Å². The van der Waals surface area contributed by atoms with E-state index in [0.29, 0.717) is 27.9 Å². The van der Waals surface area contributed by atoms with Crippen LogP contribution < -0.4 is 5.43 Å². The molecular formula is C18H12ClN7O2. The normalized spacial score (nSPS) is 11.2. The molecule has 28 heavy (non-hydrogen) atoms. The van der Waals surface area contributed by atoms with Gasteiger partial charge in [0.15, 0.2) is 17.3 Å². The van der Waals surface area contributed by atoms with Gasteiger partial charge in [0.2, 0.25) is 0 Å². The zero-order valence-electron chi connectivity index (χ0n) is 14.2. The van der Waals surface area contributed by atoms with E-state index in [-0.39, 0.29) is 5.69 Å². The highest BCUT2D eigenvalue weighted by Gasteiger charge is 2.10. The first-order valence-electron chi connectivity index (χ1n) is 8.12. The molecule has 1 N–H and O–H groups in total. The summed E-state index contributed by atoms with van der Waals surface area (Å²) >= 11 is 5.93. The van der Waals surface area contributed by atoms with Gasteiger partial charge >= 0.3 is 0 Å². The first-order valence-corrected chi connectivity index (χ1v) is 8.50. The lowest BCUT2D eigenvalue weighted by Crippen LogP contribution is -2.00. The van der Waals surface area contributed by atoms with Crippen LogP contribution in [-0.4, -0.2) is 30.9 Å².